The minimum absolute atomic E-state index is 0.0794. The fraction of sp³-hybridized carbons (Fsp3) is 0.174. The number of hydrogen-bond donors (Lipinski definition) is 1. The first kappa shape index (κ1) is 22.6. The van der Waals surface area contributed by atoms with Crippen LogP contribution in [-0.2, 0) is 31.1 Å². The van der Waals surface area contributed by atoms with Gasteiger partial charge in [-0.1, -0.05) is 54.1 Å². The van der Waals surface area contributed by atoms with Gasteiger partial charge in [0, 0.05) is 30.2 Å². The number of aryl methyl sites for hydroxylation is 1. The van der Waals surface area contributed by atoms with E-state index in [2.05, 4.69) is 10.4 Å². The third kappa shape index (κ3) is 4.63. The van der Waals surface area contributed by atoms with Crippen molar-refractivity contribution in [2.75, 3.05) is 0 Å². The second-order valence-electron chi connectivity index (χ2n) is 7.42. The molecule has 170 valence electrons. The minimum atomic E-state index is -4.78. The quantitative estimate of drug-likeness (QED) is 0.466. The summed E-state index contributed by atoms with van der Waals surface area (Å²) in [6, 6.07) is 15.7. The van der Waals surface area contributed by atoms with Crippen LogP contribution in [0, 0.1) is 0 Å². The maximum atomic E-state index is 13.9. The lowest BCUT2D eigenvalue weighted by atomic mass is 10.0. The lowest BCUT2D eigenvalue weighted by Crippen LogP contribution is -2.33. The molecule has 10 heteroatoms. The van der Waals surface area contributed by atoms with Gasteiger partial charge in [-0.15, -0.1) is 0 Å². The number of benzene rings is 2. The molecular weight excluding hydrogens is 457 g/mol. The summed E-state index contributed by atoms with van der Waals surface area (Å²) in [5.41, 5.74) is -0.798. The van der Waals surface area contributed by atoms with E-state index >= 15 is 0 Å². The molecule has 4 rings (SSSR count). The lowest BCUT2D eigenvalue weighted by Gasteiger charge is -2.14. The first-order valence-corrected chi connectivity index (χ1v) is 10.3. The van der Waals surface area contributed by atoms with Crippen molar-refractivity contribution in [1.29, 1.82) is 0 Å². The topological polar surface area (TPSA) is 68.9 Å². The molecule has 4 aromatic rings. The summed E-state index contributed by atoms with van der Waals surface area (Å²) in [6.07, 6.45) is -4.78. The van der Waals surface area contributed by atoms with E-state index in [9.17, 15) is 22.8 Å². The van der Waals surface area contributed by atoms with Crippen LogP contribution >= 0.6 is 11.6 Å². The van der Waals surface area contributed by atoms with Crippen molar-refractivity contribution in [3.63, 3.8) is 0 Å². The van der Waals surface area contributed by atoms with Crippen molar-refractivity contribution < 1.29 is 18.0 Å². The monoisotopic (exact) mass is 474 g/mol. The Bertz CT molecular complexity index is 1380. The molecule has 0 saturated carbocycles. The predicted octanol–water partition coefficient (Wildman–Crippen LogP) is 4.39. The molecule has 0 aliphatic heterocycles. The van der Waals surface area contributed by atoms with E-state index < -0.39 is 29.8 Å². The zero-order valence-electron chi connectivity index (χ0n) is 17.4. The standard InChI is InChI=1S/C23H18ClF3N4O2/c1-30-22-20(21(29-30)15-5-3-2-4-6-15)17(23(25,26)27)11-19(33)31(22)13-18(32)28-12-14-7-9-16(24)10-8-14/h2-11H,12-13H2,1H3,(H,28,32). The van der Waals surface area contributed by atoms with E-state index in [4.69, 9.17) is 11.6 Å². The van der Waals surface area contributed by atoms with Gasteiger partial charge >= 0.3 is 6.18 Å². The number of halogens is 4. The van der Waals surface area contributed by atoms with Crippen LogP contribution in [0.3, 0.4) is 0 Å². The normalized spacial score (nSPS) is 11.7. The highest BCUT2D eigenvalue weighted by Gasteiger charge is 2.37. The fourth-order valence-electron chi connectivity index (χ4n) is 3.63. The van der Waals surface area contributed by atoms with E-state index in [0.717, 1.165) is 10.1 Å². The molecule has 0 aliphatic carbocycles. The molecule has 33 heavy (non-hydrogen) atoms. The van der Waals surface area contributed by atoms with Gasteiger partial charge in [0.05, 0.1) is 10.9 Å². The van der Waals surface area contributed by atoms with Crippen LogP contribution in [0.2, 0.25) is 5.02 Å². The Labute approximate surface area is 191 Å². The number of nitrogens with one attached hydrogen (secondary N) is 1. The van der Waals surface area contributed by atoms with Gasteiger partial charge in [0.2, 0.25) is 5.91 Å². The van der Waals surface area contributed by atoms with Crippen LogP contribution in [0.5, 0.6) is 0 Å². The van der Waals surface area contributed by atoms with Crippen molar-refractivity contribution in [3.8, 4) is 11.3 Å². The van der Waals surface area contributed by atoms with Crippen molar-refractivity contribution in [3.05, 3.63) is 87.2 Å². The number of pyridine rings is 1. The number of carbonyl (C=O) groups excluding carboxylic acids is 1. The van der Waals surface area contributed by atoms with Crippen LogP contribution in [0.25, 0.3) is 22.3 Å². The summed E-state index contributed by atoms with van der Waals surface area (Å²) in [7, 11) is 1.44. The maximum absolute atomic E-state index is 13.9. The van der Waals surface area contributed by atoms with Gasteiger partial charge in [-0.05, 0) is 17.7 Å². The summed E-state index contributed by atoms with van der Waals surface area (Å²) in [4.78, 5) is 25.2. The average molecular weight is 475 g/mol. The number of carbonyl (C=O) groups is 1. The summed E-state index contributed by atoms with van der Waals surface area (Å²) in [5.74, 6) is -0.532. The number of rotatable bonds is 5. The van der Waals surface area contributed by atoms with E-state index in [1.807, 2.05) is 0 Å². The summed E-state index contributed by atoms with van der Waals surface area (Å²) < 4.78 is 43.8. The predicted molar refractivity (Wildman–Crippen MR) is 119 cm³/mol. The molecule has 0 atom stereocenters. The number of alkyl halides is 3. The lowest BCUT2D eigenvalue weighted by molar-refractivity contribution is -0.136. The summed E-state index contributed by atoms with van der Waals surface area (Å²) in [6.45, 7) is -0.288. The van der Waals surface area contributed by atoms with Crippen molar-refractivity contribution in [2.24, 2.45) is 7.05 Å². The van der Waals surface area contributed by atoms with Gasteiger partial charge in [-0.3, -0.25) is 18.8 Å². The zero-order chi connectivity index (χ0) is 23.8. The van der Waals surface area contributed by atoms with Crippen molar-refractivity contribution in [1.82, 2.24) is 19.7 Å². The molecule has 0 aliphatic rings. The van der Waals surface area contributed by atoms with Gasteiger partial charge in [0.25, 0.3) is 5.56 Å². The highest BCUT2D eigenvalue weighted by atomic mass is 35.5. The Balaban J connectivity index is 1.76. The van der Waals surface area contributed by atoms with Gasteiger partial charge in [-0.2, -0.15) is 18.3 Å². The number of hydrogen-bond acceptors (Lipinski definition) is 3. The average Bonchev–Trinajstić information content (AvgIpc) is 3.12. The molecular formula is C23H18ClF3N4O2. The molecule has 0 saturated heterocycles. The number of aromatic nitrogens is 3. The molecule has 1 amide bonds. The second-order valence-corrected chi connectivity index (χ2v) is 7.86. The molecule has 0 fully saturated rings. The largest absolute Gasteiger partial charge is 0.417 e. The first-order valence-electron chi connectivity index (χ1n) is 9.89. The Morgan fingerprint density at radius 1 is 1.09 bits per heavy atom. The third-order valence-electron chi connectivity index (χ3n) is 5.13. The Morgan fingerprint density at radius 2 is 1.76 bits per heavy atom. The van der Waals surface area contributed by atoms with Gasteiger partial charge in [-0.25, -0.2) is 0 Å². The van der Waals surface area contributed by atoms with E-state index in [-0.39, 0.29) is 23.3 Å². The molecule has 6 nitrogen and oxygen atoms in total. The molecule has 2 heterocycles. The van der Waals surface area contributed by atoms with Crippen LogP contribution in [0.1, 0.15) is 11.1 Å². The molecule has 0 radical (unpaired) electrons. The Kier molecular flexibility index (Phi) is 5.99. The van der Waals surface area contributed by atoms with Crippen LogP contribution in [-0.4, -0.2) is 20.3 Å². The van der Waals surface area contributed by atoms with E-state index in [1.54, 1.807) is 54.6 Å². The highest BCUT2D eigenvalue weighted by molar-refractivity contribution is 6.30. The van der Waals surface area contributed by atoms with Gasteiger partial charge < -0.3 is 5.32 Å². The molecule has 0 bridgehead atoms. The van der Waals surface area contributed by atoms with Gasteiger partial charge in [0.15, 0.2) is 0 Å². The molecule has 0 unspecified atom stereocenters. The number of nitrogens with zero attached hydrogens (tertiary/aromatic N) is 3. The van der Waals surface area contributed by atoms with Crippen molar-refractivity contribution >= 4 is 28.5 Å². The fourth-order valence-corrected chi connectivity index (χ4v) is 3.75. The van der Waals surface area contributed by atoms with E-state index in [0.29, 0.717) is 16.7 Å². The molecule has 1 N–H and O–H groups in total. The molecule has 2 aromatic heterocycles. The summed E-state index contributed by atoms with van der Waals surface area (Å²) >= 11 is 5.85. The van der Waals surface area contributed by atoms with Gasteiger partial charge in [0.1, 0.15) is 17.9 Å². The summed E-state index contributed by atoms with van der Waals surface area (Å²) in [5, 5.41) is 7.24. The van der Waals surface area contributed by atoms with E-state index in [1.165, 1.54) is 11.7 Å². The zero-order valence-corrected chi connectivity index (χ0v) is 18.1. The third-order valence-corrected chi connectivity index (χ3v) is 5.39. The first-order chi connectivity index (χ1) is 15.6. The Morgan fingerprint density at radius 3 is 2.39 bits per heavy atom. The second kappa shape index (κ2) is 8.74. The van der Waals surface area contributed by atoms with Crippen molar-refractivity contribution in [2.45, 2.75) is 19.3 Å². The van der Waals surface area contributed by atoms with Crippen LogP contribution in [0.15, 0.2) is 65.5 Å². The molecule has 0 spiro atoms. The smallest absolute Gasteiger partial charge is 0.350 e. The SMILES string of the molecule is Cn1nc(-c2ccccc2)c2c(C(F)(F)F)cc(=O)n(CC(=O)NCc3ccc(Cl)cc3)c21. The molecule has 2 aromatic carbocycles. The maximum Gasteiger partial charge on any atom is 0.417 e. The van der Waals surface area contributed by atoms with Crippen LogP contribution < -0.4 is 10.9 Å². The number of amides is 1. The Hall–Kier alpha value is -3.59. The number of fused-ring (bicyclic) bond motifs is 1. The minimum Gasteiger partial charge on any atom is -0.350 e. The van der Waals surface area contributed by atoms with Crippen LogP contribution in [0.4, 0.5) is 13.2 Å². The highest BCUT2D eigenvalue weighted by Crippen LogP contribution is 2.38.